The van der Waals surface area contributed by atoms with Gasteiger partial charge in [-0.1, -0.05) is 201 Å². The first-order valence-corrected chi connectivity index (χ1v) is 36.0. The Bertz CT molecular complexity index is 4590. The Hall–Kier alpha value is -7.44. The highest BCUT2D eigenvalue weighted by Gasteiger charge is 2.36. The number of ether oxygens (including phenoxy) is 2. The van der Waals surface area contributed by atoms with Crippen LogP contribution in [-0.2, 0) is 58.2 Å². The molecule has 0 saturated heterocycles. The van der Waals surface area contributed by atoms with Crippen LogP contribution < -0.4 is 9.47 Å². The number of phenolic OH excluding ortho intramolecular Hbond substituents is 2. The summed E-state index contributed by atoms with van der Waals surface area (Å²) in [6.07, 6.45) is 7.39. The van der Waals surface area contributed by atoms with Gasteiger partial charge in [0.25, 0.3) is 0 Å². The lowest BCUT2D eigenvalue weighted by molar-refractivity contribution is 0.245. The van der Waals surface area contributed by atoms with E-state index in [9.17, 15) is 10.2 Å². The first-order chi connectivity index (χ1) is 44.5. The molecular weight excluding hydrogens is 1170 g/mol. The SMILES string of the molecule is Cc1cc(-c2cc(C(C)(C)CC(C)(C)C)cc(-n3c4cc(C(C)(C)C)ccc4c4ccc(C(C)(C)C)cc43)c2O)c(OCCCOc2c(-c3cc(C(C)(C)CC(C)(C)C)cc(-n4c5cc(C(C)(C)C)ccc5c5ccc(C(C)(C)C)cc54)c3O)cc(C)c3c2CC3)c2c1CCC2. The molecule has 0 bridgehead atoms. The number of aromatic hydroxyl groups is 2. The van der Waals surface area contributed by atoms with Crippen molar-refractivity contribution in [1.29, 1.82) is 0 Å². The van der Waals surface area contributed by atoms with Crippen molar-refractivity contribution in [1.82, 2.24) is 9.13 Å². The lowest BCUT2D eigenvalue weighted by Crippen LogP contribution is -2.25. The van der Waals surface area contributed by atoms with Crippen LogP contribution in [0.1, 0.15) is 245 Å². The molecule has 2 heterocycles. The highest BCUT2D eigenvalue weighted by atomic mass is 16.5. The monoisotopic (exact) mass is 1280 g/mol. The zero-order valence-corrected chi connectivity index (χ0v) is 63.1. The number of aryl methyl sites for hydroxylation is 2. The van der Waals surface area contributed by atoms with Gasteiger partial charge in [-0.25, -0.2) is 0 Å². The molecule has 0 spiro atoms. The average molecular weight is 1290 g/mol. The Morgan fingerprint density at radius 1 is 0.344 bits per heavy atom. The number of hydrogen-bond donors (Lipinski definition) is 2. The Balaban J connectivity index is 0.972. The summed E-state index contributed by atoms with van der Waals surface area (Å²) in [5, 5.41) is 31.8. The van der Waals surface area contributed by atoms with Crippen LogP contribution in [0.15, 0.2) is 109 Å². The Morgan fingerprint density at radius 2 is 0.646 bits per heavy atom. The zero-order chi connectivity index (χ0) is 69.7. The standard InChI is InChI=1S/C90H112N2O4/c1-53-41-71(69-43-59(89(21,22)51-83(3,4)5)49-77(79(69)93)91-73-45-55(85(9,10)11)29-33-63(73)64-34-30-56(46-74(64)91)86(12,13)14)81(67-28-25-27-61(53)67)95-39-26-40-96-82-68-38-37-62(68)54(2)42-72(82)70-44-60(90(23,24)52-84(6,7)8)50-78(80(70)94)92-75-47-57(87(15,16)17)31-35-65(75)66-36-32-58(48-76(66)92)88(18,19)20/h29-36,41-50,93-94H,25-28,37-40,51-52H2,1-24H3. The summed E-state index contributed by atoms with van der Waals surface area (Å²) in [6.45, 7) is 56.2. The fourth-order valence-electron chi connectivity index (χ4n) is 16.7. The Kier molecular flexibility index (Phi) is 16.9. The number of hydrogen-bond acceptors (Lipinski definition) is 4. The summed E-state index contributed by atoms with van der Waals surface area (Å²) in [6, 6.07) is 41.5. The number of aromatic nitrogens is 2. The fraction of sp³-hybridized carbons (Fsp3) is 0.467. The summed E-state index contributed by atoms with van der Waals surface area (Å²) >= 11 is 0. The van der Waals surface area contributed by atoms with E-state index in [1.807, 2.05) is 0 Å². The first kappa shape index (κ1) is 68.5. The van der Waals surface area contributed by atoms with Crippen LogP contribution in [0, 0.1) is 24.7 Å². The molecule has 0 unspecified atom stereocenters. The molecular formula is C90H112N2O4. The molecule has 10 aromatic rings. The normalized spacial score (nSPS) is 14.3. The first-order valence-electron chi connectivity index (χ1n) is 36.0. The molecule has 96 heavy (non-hydrogen) atoms. The van der Waals surface area contributed by atoms with Gasteiger partial charge in [-0.15, -0.1) is 0 Å². The molecule has 0 radical (unpaired) electrons. The molecule has 0 aliphatic heterocycles. The minimum Gasteiger partial charge on any atom is -0.505 e. The van der Waals surface area contributed by atoms with Gasteiger partial charge in [0, 0.05) is 50.2 Å². The maximum Gasteiger partial charge on any atom is 0.147 e. The summed E-state index contributed by atoms with van der Waals surface area (Å²) in [4.78, 5) is 0. The smallest absolute Gasteiger partial charge is 0.147 e. The van der Waals surface area contributed by atoms with Gasteiger partial charge in [-0.2, -0.15) is 0 Å². The van der Waals surface area contributed by atoms with Crippen molar-refractivity contribution in [3.63, 3.8) is 0 Å². The predicted octanol–water partition coefficient (Wildman–Crippen LogP) is 24.3. The van der Waals surface area contributed by atoms with Gasteiger partial charge in [-0.3, -0.25) is 0 Å². The third-order valence-electron chi connectivity index (χ3n) is 21.4. The van der Waals surface area contributed by atoms with Crippen molar-refractivity contribution in [3.05, 3.63) is 176 Å². The van der Waals surface area contributed by atoms with Gasteiger partial charge in [0.1, 0.15) is 23.0 Å². The number of benzene rings is 8. The second-order valence-corrected chi connectivity index (χ2v) is 37.1. The van der Waals surface area contributed by atoms with E-state index >= 15 is 0 Å². The molecule has 0 fully saturated rings. The molecule has 0 atom stereocenters. The molecule has 2 N–H and O–H groups in total. The third-order valence-corrected chi connectivity index (χ3v) is 21.4. The Labute approximate surface area is 575 Å². The summed E-state index contributed by atoms with van der Waals surface area (Å²) in [7, 11) is 0. The summed E-state index contributed by atoms with van der Waals surface area (Å²) in [5.41, 5.74) is 23.5. The van der Waals surface area contributed by atoms with E-state index in [0.29, 0.717) is 19.6 Å². The van der Waals surface area contributed by atoms with Gasteiger partial charge >= 0.3 is 0 Å². The minimum absolute atomic E-state index is 0.0376. The largest absolute Gasteiger partial charge is 0.505 e. The molecule has 506 valence electrons. The topological polar surface area (TPSA) is 68.8 Å². The number of rotatable bonds is 14. The second kappa shape index (κ2) is 23.6. The average Bonchev–Trinajstić information content (AvgIpc) is 1.48. The van der Waals surface area contributed by atoms with Gasteiger partial charge in [0.15, 0.2) is 0 Å². The number of nitrogens with zero attached hydrogens (tertiary/aromatic N) is 2. The molecule has 2 aliphatic carbocycles. The quantitative estimate of drug-likeness (QED) is 0.106. The van der Waals surface area contributed by atoms with Crippen LogP contribution in [0.5, 0.6) is 23.0 Å². The maximum absolute atomic E-state index is 13.6. The second-order valence-electron chi connectivity index (χ2n) is 37.1. The van der Waals surface area contributed by atoms with Crippen molar-refractivity contribution >= 4 is 43.6 Å². The highest BCUT2D eigenvalue weighted by Crippen LogP contribution is 2.53. The molecule has 6 nitrogen and oxygen atoms in total. The summed E-state index contributed by atoms with van der Waals surface area (Å²) < 4.78 is 19.3. The van der Waals surface area contributed by atoms with E-state index in [0.717, 1.165) is 112 Å². The van der Waals surface area contributed by atoms with Crippen molar-refractivity contribution in [2.45, 2.75) is 250 Å². The zero-order valence-electron chi connectivity index (χ0n) is 63.1. The van der Waals surface area contributed by atoms with Crippen molar-refractivity contribution < 1.29 is 19.7 Å². The van der Waals surface area contributed by atoms with Gasteiger partial charge in [0.05, 0.1) is 46.7 Å². The summed E-state index contributed by atoms with van der Waals surface area (Å²) in [5.74, 6) is 2.23. The Morgan fingerprint density at radius 3 is 0.948 bits per heavy atom. The van der Waals surface area contributed by atoms with E-state index in [1.165, 1.54) is 88.3 Å². The highest BCUT2D eigenvalue weighted by molar-refractivity contribution is 6.11. The molecule has 2 aliphatic rings. The molecule has 2 aromatic heterocycles. The molecule has 0 saturated carbocycles. The molecule has 8 aromatic carbocycles. The van der Waals surface area contributed by atoms with Gasteiger partial charge in [-0.05, 0) is 230 Å². The van der Waals surface area contributed by atoms with E-state index in [2.05, 4.69) is 284 Å². The third kappa shape index (κ3) is 12.7. The van der Waals surface area contributed by atoms with Crippen LogP contribution in [0.3, 0.4) is 0 Å². The van der Waals surface area contributed by atoms with Gasteiger partial charge in [0.2, 0.25) is 0 Å². The van der Waals surface area contributed by atoms with Crippen LogP contribution in [0.4, 0.5) is 0 Å². The lowest BCUT2D eigenvalue weighted by Gasteiger charge is -2.34. The van der Waals surface area contributed by atoms with E-state index in [4.69, 9.17) is 9.47 Å². The van der Waals surface area contributed by atoms with Crippen molar-refractivity contribution in [3.8, 4) is 56.6 Å². The maximum atomic E-state index is 13.6. The van der Waals surface area contributed by atoms with Crippen LogP contribution in [0.25, 0.3) is 77.2 Å². The van der Waals surface area contributed by atoms with E-state index in [-0.39, 0.29) is 54.8 Å². The van der Waals surface area contributed by atoms with Gasteiger partial charge < -0.3 is 28.8 Å². The minimum atomic E-state index is -0.263. The lowest BCUT2D eigenvalue weighted by atomic mass is 9.71. The number of fused-ring (bicyclic) bond motifs is 8. The van der Waals surface area contributed by atoms with Crippen LogP contribution >= 0.6 is 0 Å². The fourth-order valence-corrected chi connectivity index (χ4v) is 16.7. The molecule has 12 rings (SSSR count). The van der Waals surface area contributed by atoms with Crippen molar-refractivity contribution in [2.75, 3.05) is 13.2 Å². The van der Waals surface area contributed by atoms with Crippen LogP contribution in [0.2, 0.25) is 0 Å². The number of phenols is 2. The predicted molar refractivity (Wildman–Crippen MR) is 409 cm³/mol. The van der Waals surface area contributed by atoms with E-state index in [1.54, 1.807) is 0 Å². The van der Waals surface area contributed by atoms with E-state index < -0.39 is 0 Å². The molecule has 0 amide bonds. The molecule has 6 heteroatoms. The van der Waals surface area contributed by atoms with Crippen molar-refractivity contribution in [2.24, 2.45) is 10.8 Å². The van der Waals surface area contributed by atoms with Crippen LogP contribution in [-0.4, -0.2) is 32.6 Å².